The number of hydrogen-bond acceptors (Lipinski definition) is 4. The first-order valence-electron chi connectivity index (χ1n) is 7.23. The van der Waals surface area contributed by atoms with Gasteiger partial charge < -0.3 is 14.2 Å². The Labute approximate surface area is 129 Å². The van der Waals surface area contributed by atoms with Gasteiger partial charge in [-0.2, -0.15) is 0 Å². The molecule has 1 amide bonds. The zero-order chi connectivity index (χ0) is 15.5. The van der Waals surface area contributed by atoms with Crippen LogP contribution in [0.3, 0.4) is 0 Å². The Hall–Kier alpha value is -2.56. The third-order valence-corrected chi connectivity index (χ3v) is 3.80. The highest BCUT2D eigenvalue weighted by atomic mass is 16.5. The van der Waals surface area contributed by atoms with Crippen LogP contribution in [-0.2, 0) is 0 Å². The minimum absolute atomic E-state index is 0.106. The molecule has 0 saturated carbocycles. The number of carbonyl (C=O) groups is 1. The van der Waals surface area contributed by atoms with Gasteiger partial charge in [0, 0.05) is 19.2 Å². The van der Waals surface area contributed by atoms with Crippen LogP contribution in [0.2, 0.25) is 0 Å². The van der Waals surface area contributed by atoms with E-state index in [9.17, 15) is 4.79 Å². The number of aryl methyl sites for hydroxylation is 1. The number of amides is 1. The summed E-state index contributed by atoms with van der Waals surface area (Å²) in [6.45, 7) is 3.06. The molecule has 3 rings (SSSR count). The molecule has 0 bridgehead atoms. The summed E-state index contributed by atoms with van der Waals surface area (Å²) in [5.41, 5.74) is 3.14. The van der Waals surface area contributed by atoms with Crippen molar-refractivity contribution >= 4 is 11.5 Å². The van der Waals surface area contributed by atoms with Gasteiger partial charge in [0.2, 0.25) is 5.76 Å². The fourth-order valence-electron chi connectivity index (χ4n) is 2.54. The van der Waals surface area contributed by atoms with Crippen molar-refractivity contribution < 1.29 is 14.1 Å². The van der Waals surface area contributed by atoms with Gasteiger partial charge in [0.15, 0.2) is 0 Å². The van der Waals surface area contributed by atoms with Gasteiger partial charge in [-0.1, -0.05) is 23.4 Å². The summed E-state index contributed by atoms with van der Waals surface area (Å²) >= 11 is 0. The van der Waals surface area contributed by atoms with E-state index in [0.29, 0.717) is 18.8 Å². The van der Waals surface area contributed by atoms with Crippen molar-refractivity contribution in [3.8, 4) is 5.75 Å². The van der Waals surface area contributed by atoms with Gasteiger partial charge in [0.1, 0.15) is 5.75 Å². The molecule has 0 spiro atoms. The summed E-state index contributed by atoms with van der Waals surface area (Å²) < 4.78 is 10.2. The maximum absolute atomic E-state index is 12.3. The number of benzene rings is 1. The predicted octanol–water partition coefficient (Wildman–Crippen LogP) is 2.92. The monoisotopic (exact) mass is 298 g/mol. The number of hydrogen-bond donors (Lipinski definition) is 0. The molecule has 0 atom stereocenters. The Kier molecular flexibility index (Phi) is 3.96. The number of methoxy groups -OCH3 is 1. The lowest BCUT2D eigenvalue weighted by Gasteiger charge is -2.25. The predicted molar refractivity (Wildman–Crippen MR) is 82.7 cm³/mol. The second kappa shape index (κ2) is 6.05. The molecule has 0 radical (unpaired) electrons. The van der Waals surface area contributed by atoms with E-state index in [0.717, 1.165) is 17.9 Å². The van der Waals surface area contributed by atoms with Crippen molar-refractivity contribution in [2.75, 3.05) is 20.2 Å². The maximum Gasteiger partial charge on any atom is 0.292 e. The molecule has 2 heterocycles. The highest BCUT2D eigenvalue weighted by Crippen LogP contribution is 2.25. The van der Waals surface area contributed by atoms with Crippen molar-refractivity contribution in [3.05, 3.63) is 53.4 Å². The third-order valence-electron chi connectivity index (χ3n) is 3.80. The Morgan fingerprint density at radius 1 is 1.32 bits per heavy atom. The molecule has 1 aromatic carbocycles. The molecule has 2 aromatic rings. The van der Waals surface area contributed by atoms with E-state index >= 15 is 0 Å². The summed E-state index contributed by atoms with van der Waals surface area (Å²) in [6, 6.07) is 9.66. The fourth-order valence-corrected chi connectivity index (χ4v) is 2.54. The molecular weight excluding hydrogens is 280 g/mol. The molecule has 5 heteroatoms. The molecule has 0 unspecified atom stereocenters. The largest absolute Gasteiger partial charge is 0.497 e. The van der Waals surface area contributed by atoms with E-state index in [1.807, 2.05) is 24.3 Å². The van der Waals surface area contributed by atoms with Gasteiger partial charge in [-0.25, -0.2) is 0 Å². The highest BCUT2D eigenvalue weighted by molar-refractivity contribution is 5.92. The zero-order valence-corrected chi connectivity index (χ0v) is 12.7. The first kappa shape index (κ1) is 14.4. The van der Waals surface area contributed by atoms with Crippen LogP contribution in [0, 0.1) is 6.92 Å². The van der Waals surface area contributed by atoms with Gasteiger partial charge in [-0.3, -0.25) is 4.79 Å². The van der Waals surface area contributed by atoms with Crippen LogP contribution >= 0.6 is 0 Å². The molecule has 1 aliphatic heterocycles. The molecule has 0 fully saturated rings. The standard InChI is InChI=1S/C17H18N2O3/c1-12-11-16(22-18-12)17(20)19-9-7-14(8-10-19)13-3-5-15(21-2)6-4-13/h3-7,11H,8-10H2,1-2H3. The average Bonchev–Trinajstić information content (AvgIpc) is 3.01. The van der Waals surface area contributed by atoms with Gasteiger partial charge in [0.25, 0.3) is 5.91 Å². The minimum Gasteiger partial charge on any atom is -0.497 e. The average molecular weight is 298 g/mol. The molecular formula is C17H18N2O3. The fraction of sp³-hybridized carbons (Fsp3) is 0.294. The number of aromatic nitrogens is 1. The van der Waals surface area contributed by atoms with Crippen LogP contribution < -0.4 is 4.74 Å². The Morgan fingerprint density at radius 3 is 2.64 bits per heavy atom. The molecule has 1 aromatic heterocycles. The topological polar surface area (TPSA) is 55.6 Å². The minimum atomic E-state index is -0.106. The van der Waals surface area contributed by atoms with Gasteiger partial charge in [-0.15, -0.1) is 0 Å². The van der Waals surface area contributed by atoms with Crippen LogP contribution in [0.4, 0.5) is 0 Å². The smallest absolute Gasteiger partial charge is 0.292 e. The number of carbonyl (C=O) groups excluding carboxylic acids is 1. The number of nitrogens with zero attached hydrogens (tertiary/aromatic N) is 2. The Morgan fingerprint density at radius 2 is 2.09 bits per heavy atom. The molecule has 1 aliphatic rings. The van der Waals surface area contributed by atoms with E-state index in [-0.39, 0.29) is 5.91 Å². The van der Waals surface area contributed by atoms with Gasteiger partial charge in [-0.05, 0) is 36.6 Å². The van der Waals surface area contributed by atoms with Crippen molar-refractivity contribution in [2.45, 2.75) is 13.3 Å². The van der Waals surface area contributed by atoms with Crippen LogP contribution in [0.15, 0.2) is 40.9 Å². The first-order chi connectivity index (χ1) is 10.7. The molecule has 114 valence electrons. The SMILES string of the molecule is COc1ccc(C2=CCN(C(=O)c3cc(C)no3)CC2)cc1. The molecule has 0 saturated heterocycles. The Bertz CT molecular complexity index is 701. The van der Waals surface area contributed by atoms with Crippen molar-refractivity contribution in [1.29, 1.82) is 0 Å². The number of ether oxygens (including phenoxy) is 1. The second-order valence-corrected chi connectivity index (χ2v) is 5.29. The van der Waals surface area contributed by atoms with E-state index in [2.05, 4.69) is 11.2 Å². The van der Waals surface area contributed by atoms with E-state index in [1.54, 1.807) is 25.0 Å². The Balaban J connectivity index is 1.69. The van der Waals surface area contributed by atoms with Crippen LogP contribution in [-0.4, -0.2) is 36.2 Å². The highest BCUT2D eigenvalue weighted by Gasteiger charge is 2.22. The van der Waals surface area contributed by atoms with Crippen molar-refractivity contribution in [2.24, 2.45) is 0 Å². The lowest BCUT2D eigenvalue weighted by Crippen LogP contribution is -2.34. The van der Waals surface area contributed by atoms with Crippen LogP contribution in [0.5, 0.6) is 5.75 Å². The van der Waals surface area contributed by atoms with Crippen LogP contribution in [0.1, 0.15) is 28.2 Å². The van der Waals surface area contributed by atoms with Gasteiger partial charge >= 0.3 is 0 Å². The van der Waals surface area contributed by atoms with E-state index in [4.69, 9.17) is 9.26 Å². The summed E-state index contributed by atoms with van der Waals surface area (Å²) in [6.07, 6.45) is 2.91. The molecule has 22 heavy (non-hydrogen) atoms. The molecule has 0 aliphatic carbocycles. The quantitative estimate of drug-likeness (QED) is 0.874. The number of rotatable bonds is 3. The van der Waals surface area contributed by atoms with Crippen molar-refractivity contribution in [1.82, 2.24) is 10.1 Å². The second-order valence-electron chi connectivity index (χ2n) is 5.29. The van der Waals surface area contributed by atoms with Gasteiger partial charge in [0.05, 0.1) is 12.8 Å². The van der Waals surface area contributed by atoms with Crippen LogP contribution in [0.25, 0.3) is 5.57 Å². The van der Waals surface area contributed by atoms with E-state index < -0.39 is 0 Å². The lowest BCUT2D eigenvalue weighted by molar-refractivity contribution is 0.0731. The summed E-state index contributed by atoms with van der Waals surface area (Å²) in [5, 5.41) is 3.76. The summed E-state index contributed by atoms with van der Waals surface area (Å²) in [7, 11) is 1.66. The van der Waals surface area contributed by atoms with E-state index in [1.165, 1.54) is 11.1 Å². The summed E-state index contributed by atoms with van der Waals surface area (Å²) in [4.78, 5) is 14.1. The van der Waals surface area contributed by atoms with Crippen molar-refractivity contribution in [3.63, 3.8) is 0 Å². The lowest BCUT2D eigenvalue weighted by atomic mass is 9.99. The summed E-state index contributed by atoms with van der Waals surface area (Å²) in [5.74, 6) is 1.04. The third kappa shape index (κ3) is 2.88. The molecule has 5 nitrogen and oxygen atoms in total. The normalized spacial score (nSPS) is 14.6. The first-order valence-corrected chi connectivity index (χ1v) is 7.23. The maximum atomic E-state index is 12.3. The molecule has 0 N–H and O–H groups in total. The zero-order valence-electron chi connectivity index (χ0n) is 12.7.